The minimum absolute atomic E-state index is 0.169. The first kappa shape index (κ1) is 22.1. The van der Waals surface area contributed by atoms with Gasteiger partial charge in [0.2, 0.25) is 5.91 Å². The maximum atomic E-state index is 13.1. The van der Waals surface area contributed by atoms with Gasteiger partial charge in [0.25, 0.3) is 0 Å². The molecule has 0 atom stereocenters. The Morgan fingerprint density at radius 2 is 1.47 bits per heavy atom. The van der Waals surface area contributed by atoms with Crippen LogP contribution in [0.4, 0.5) is 17.1 Å². The Balaban J connectivity index is 1.79. The van der Waals surface area contributed by atoms with Gasteiger partial charge in [0.15, 0.2) is 5.60 Å². The monoisotopic (exact) mass is 477 g/mol. The zero-order chi connectivity index (χ0) is 24.2. The zero-order valence-electron chi connectivity index (χ0n) is 19.3. The van der Waals surface area contributed by atoms with Crippen LogP contribution in [-0.2, 0) is 15.1 Å². The molecule has 3 aromatic carbocycles. The molecule has 3 aromatic rings. The van der Waals surface area contributed by atoms with Crippen LogP contribution in [0.2, 0.25) is 0 Å². The molecule has 0 bridgehead atoms. The van der Waals surface area contributed by atoms with Gasteiger partial charge >= 0.3 is 5.97 Å². The molecular weight excluding hydrogens is 454 g/mol. The van der Waals surface area contributed by atoms with Crippen molar-refractivity contribution in [3.8, 4) is 11.5 Å². The molecule has 0 fully saturated rings. The fourth-order valence-corrected chi connectivity index (χ4v) is 4.59. The van der Waals surface area contributed by atoms with Crippen LogP contribution in [0, 0.1) is 0 Å². The summed E-state index contributed by atoms with van der Waals surface area (Å²) in [7, 11) is 7.81. The third-order valence-corrected chi connectivity index (χ3v) is 6.45. The van der Waals surface area contributed by atoms with Gasteiger partial charge in [-0.3, -0.25) is 4.79 Å². The number of hydrogen-bond acceptors (Lipinski definition) is 6. The predicted molar refractivity (Wildman–Crippen MR) is 133 cm³/mol. The van der Waals surface area contributed by atoms with Gasteiger partial charge in [0.05, 0.1) is 5.56 Å². The molecule has 0 aliphatic carbocycles. The SMILES string of the molecule is CN(C)c1ccc2c(c1)Oc1cc(N(C)C)ccc1C21OC(=O)c2ccc(NC(=O)CCl)cc21. The third kappa shape index (κ3) is 3.27. The summed E-state index contributed by atoms with van der Waals surface area (Å²) < 4.78 is 12.6. The molecule has 2 heterocycles. The molecule has 2 aliphatic rings. The molecule has 5 rings (SSSR count). The summed E-state index contributed by atoms with van der Waals surface area (Å²) in [6.07, 6.45) is 0. The van der Waals surface area contributed by atoms with Crippen LogP contribution in [-0.4, -0.2) is 45.9 Å². The van der Waals surface area contributed by atoms with Crippen molar-refractivity contribution in [1.82, 2.24) is 0 Å². The number of nitrogens with zero attached hydrogens (tertiary/aromatic N) is 2. The Morgan fingerprint density at radius 3 is 2.00 bits per heavy atom. The number of carbonyl (C=O) groups is 2. The first-order valence-electron chi connectivity index (χ1n) is 10.8. The van der Waals surface area contributed by atoms with E-state index in [9.17, 15) is 9.59 Å². The summed E-state index contributed by atoms with van der Waals surface area (Å²) in [6, 6.07) is 16.8. The number of hydrogen-bond donors (Lipinski definition) is 1. The molecule has 0 saturated carbocycles. The van der Waals surface area contributed by atoms with Crippen molar-refractivity contribution in [3.63, 3.8) is 0 Å². The highest BCUT2D eigenvalue weighted by Gasteiger charge is 2.53. The molecule has 8 heteroatoms. The molecule has 0 saturated heterocycles. The minimum atomic E-state index is -1.22. The van der Waals surface area contributed by atoms with Gasteiger partial charge in [-0.25, -0.2) is 4.79 Å². The maximum absolute atomic E-state index is 13.1. The largest absolute Gasteiger partial charge is 0.456 e. The van der Waals surface area contributed by atoms with Crippen LogP contribution in [0.5, 0.6) is 11.5 Å². The number of alkyl halides is 1. The lowest BCUT2D eigenvalue weighted by Gasteiger charge is -2.37. The molecule has 1 spiro atoms. The van der Waals surface area contributed by atoms with Gasteiger partial charge in [0.1, 0.15) is 17.4 Å². The Morgan fingerprint density at radius 1 is 0.882 bits per heavy atom. The van der Waals surface area contributed by atoms with Crippen molar-refractivity contribution in [2.45, 2.75) is 5.60 Å². The van der Waals surface area contributed by atoms with Crippen molar-refractivity contribution in [1.29, 1.82) is 0 Å². The molecule has 7 nitrogen and oxygen atoms in total. The summed E-state index contributed by atoms with van der Waals surface area (Å²) in [5.41, 5.74) is 3.75. The second-order valence-electron chi connectivity index (χ2n) is 8.76. The summed E-state index contributed by atoms with van der Waals surface area (Å²) in [4.78, 5) is 29.0. The lowest BCUT2D eigenvalue weighted by molar-refractivity contribution is -0.113. The topological polar surface area (TPSA) is 71.1 Å². The van der Waals surface area contributed by atoms with Crippen molar-refractivity contribution in [2.24, 2.45) is 0 Å². The van der Waals surface area contributed by atoms with Crippen molar-refractivity contribution in [2.75, 3.05) is 49.2 Å². The highest BCUT2D eigenvalue weighted by molar-refractivity contribution is 6.29. The van der Waals surface area contributed by atoms with Gasteiger partial charge in [0, 0.05) is 74.1 Å². The van der Waals surface area contributed by atoms with Crippen LogP contribution in [0.15, 0.2) is 54.6 Å². The number of fused-ring (bicyclic) bond motifs is 6. The molecule has 0 aromatic heterocycles. The van der Waals surface area contributed by atoms with Crippen molar-refractivity contribution in [3.05, 3.63) is 76.9 Å². The minimum Gasteiger partial charge on any atom is -0.456 e. The van der Waals surface area contributed by atoms with E-state index in [4.69, 9.17) is 21.1 Å². The van der Waals surface area contributed by atoms with Crippen LogP contribution in [0.1, 0.15) is 27.0 Å². The van der Waals surface area contributed by atoms with Gasteiger partial charge < -0.3 is 24.6 Å². The zero-order valence-corrected chi connectivity index (χ0v) is 20.1. The lowest BCUT2D eigenvalue weighted by Crippen LogP contribution is -2.33. The van der Waals surface area contributed by atoms with Crippen LogP contribution >= 0.6 is 11.6 Å². The van der Waals surface area contributed by atoms with E-state index in [-0.39, 0.29) is 11.8 Å². The normalized spacial score (nSPS) is 14.4. The third-order valence-electron chi connectivity index (χ3n) is 6.21. The Hall–Kier alpha value is -3.71. The first-order valence-corrected chi connectivity index (χ1v) is 11.3. The summed E-state index contributed by atoms with van der Waals surface area (Å²) in [5, 5.41) is 2.77. The van der Waals surface area contributed by atoms with Gasteiger partial charge in [-0.15, -0.1) is 11.6 Å². The van der Waals surface area contributed by atoms with Crippen molar-refractivity contribution >= 4 is 40.5 Å². The molecule has 0 radical (unpaired) electrons. The van der Waals surface area contributed by atoms with Gasteiger partial charge in [-0.2, -0.15) is 0 Å². The molecule has 34 heavy (non-hydrogen) atoms. The number of carbonyl (C=O) groups excluding carboxylic acids is 2. The molecule has 0 unspecified atom stereocenters. The number of amides is 1. The Kier molecular flexibility index (Phi) is 5.17. The van der Waals surface area contributed by atoms with Crippen molar-refractivity contribution < 1.29 is 19.1 Å². The van der Waals surface area contributed by atoms with Gasteiger partial charge in [-0.1, -0.05) is 0 Å². The number of esters is 1. The first-order chi connectivity index (χ1) is 16.2. The Bertz CT molecular complexity index is 1280. The number of benzene rings is 3. The number of ether oxygens (including phenoxy) is 2. The van der Waals surface area contributed by atoms with E-state index in [1.807, 2.05) is 74.4 Å². The molecule has 1 amide bonds. The van der Waals surface area contributed by atoms with Crippen LogP contribution in [0.25, 0.3) is 0 Å². The smallest absolute Gasteiger partial charge is 0.340 e. The number of rotatable bonds is 4. The standard InChI is InChI=1S/C26H24ClN3O4/c1-29(2)16-6-9-19-22(12-16)33-23-13-17(30(3)4)7-10-20(23)26(19)21-11-15(28-24(31)14-27)5-8-18(21)25(32)34-26/h5-13H,14H2,1-4H3,(H,28,31). The number of nitrogens with one attached hydrogen (secondary N) is 1. The Labute approximate surface area is 202 Å². The summed E-state index contributed by atoms with van der Waals surface area (Å²) >= 11 is 5.68. The van der Waals surface area contributed by atoms with E-state index < -0.39 is 11.6 Å². The molecular formula is C26H24ClN3O4. The maximum Gasteiger partial charge on any atom is 0.340 e. The average molecular weight is 478 g/mol. The fraction of sp³-hybridized carbons (Fsp3) is 0.231. The fourth-order valence-electron chi connectivity index (χ4n) is 4.53. The summed E-state index contributed by atoms with van der Waals surface area (Å²) in [5.74, 6) is 0.269. The second-order valence-corrected chi connectivity index (χ2v) is 9.03. The number of anilines is 3. The van der Waals surface area contributed by atoms with E-state index in [0.717, 1.165) is 22.5 Å². The van der Waals surface area contributed by atoms with Crippen LogP contribution < -0.4 is 19.9 Å². The van der Waals surface area contributed by atoms with Gasteiger partial charge in [-0.05, 0) is 42.5 Å². The van der Waals surface area contributed by atoms with E-state index in [1.54, 1.807) is 18.2 Å². The highest BCUT2D eigenvalue weighted by atomic mass is 35.5. The summed E-state index contributed by atoms with van der Waals surface area (Å²) in [6.45, 7) is 0. The highest BCUT2D eigenvalue weighted by Crippen LogP contribution is 2.57. The molecule has 174 valence electrons. The van der Waals surface area contributed by atoms with E-state index in [0.29, 0.717) is 28.3 Å². The van der Waals surface area contributed by atoms with E-state index in [2.05, 4.69) is 5.32 Å². The van der Waals surface area contributed by atoms with Crippen LogP contribution in [0.3, 0.4) is 0 Å². The average Bonchev–Trinajstić information content (AvgIpc) is 3.10. The second kappa shape index (κ2) is 7.95. The molecule has 1 N–H and O–H groups in total. The molecule has 2 aliphatic heterocycles. The number of halogens is 1. The van der Waals surface area contributed by atoms with E-state index >= 15 is 0 Å². The quantitative estimate of drug-likeness (QED) is 0.438. The predicted octanol–water partition coefficient (Wildman–Crippen LogP) is 4.56. The lowest BCUT2D eigenvalue weighted by atomic mass is 9.77. The van der Waals surface area contributed by atoms with E-state index in [1.165, 1.54) is 0 Å².